The highest BCUT2D eigenvalue weighted by Gasteiger charge is 2.32. The topological polar surface area (TPSA) is 135 Å². The van der Waals surface area contributed by atoms with Gasteiger partial charge in [-0.05, 0) is 35.0 Å². The van der Waals surface area contributed by atoms with E-state index in [1.807, 2.05) is 35.2 Å². The first-order valence-corrected chi connectivity index (χ1v) is 13.2. The average molecular weight is 574 g/mol. The summed E-state index contributed by atoms with van der Waals surface area (Å²) in [4.78, 5) is 37.6. The second-order valence-electron chi connectivity index (χ2n) is 9.70. The number of carbonyl (C=O) groups is 2. The van der Waals surface area contributed by atoms with Crippen LogP contribution in [-0.4, -0.2) is 78.0 Å². The summed E-state index contributed by atoms with van der Waals surface area (Å²) in [6, 6.07) is 17.4. The molecule has 1 unspecified atom stereocenters. The highest BCUT2D eigenvalue weighted by atomic mass is 19.3. The summed E-state index contributed by atoms with van der Waals surface area (Å²) >= 11 is 0. The van der Waals surface area contributed by atoms with Crippen LogP contribution < -0.4 is 5.32 Å². The number of rotatable bonds is 7. The molecule has 1 aliphatic heterocycles. The van der Waals surface area contributed by atoms with E-state index in [9.17, 15) is 18.4 Å². The highest BCUT2D eigenvalue weighted by Crippen LogP contribution is 2.29. The maximum atomic E-state index is 13.4. The van der Waals surface area contributed by atoms with Crippen LogP contribution in [0.15, 0.2) is 71.3 Å². The van der Waals surface area contributed by atoms with E-state index in [1.165, 1.54) is 13.1 Å². The highest BCUT2D eigenvalue weighted by molar-refractivity contribution is 5.94. The molecule has 14 heteroatoms. The fourth-order valence-corrected chi connectivity index (χ4v) is 4.94. The number of amides is 2. The number of alkyl halides is 2. The third kappa shape index (κ3) is 5.56. The van der Waals surface area contributed by atoms with Gasteiger partial charge < -0.3 is 14.6 Å². The molecule has 1 N–H and O–H groups in total. The van der Waals surface area contributed by atoms with Gasteiger partial charge >= 0.3 is 6.55 Å². The lowest BCUT2D eigenvalue weighted by atomic mass is 10.0. The molecule has 6 rings (SSSR count). The molecule has 0 radical (unpaired) electrons. The molecule has 0 saturated carbocycles. The van der Waals surface area contributed by atoms with Crippen molar-refractivity contribution < 1.29 is 22.8 Å². The van der Waals surface area contributed by atoms with Gasteiger partial charge in [0.2, 0.25) is 11.8 Å². The number of piperazine rings is 1. The van der Waals surface area contributed by atoms with Crippen LogP contribution in [0.4, 0.5) is 14.5 Å². The van der Waals surface area contributed by atoms with Gasteiger partial charge in [-0.1, -0.05) is 35.1 Å². The molecule has 1 aliphatic rings. The number of fused-ring (bicyclic) bond motifs is 1. The van der Waals surface area contributed by atoms with Crippen LogP contribution in [0.3, 0.4) is 0 Å². The second kappa shape index (κ2) is 11.4. The Morgan fingerprint density at radius 1 is 1.00 bits per heavy atom. The maximum absolute atomic E-state index is 13.4. The zero-order valence-corrected chi connectivity index (χ0v) is 22.4. The molecule has 0 aliphatic carbocycles. The van der Waals surface area contributed by atoms with Crippen LogP contribution in [0.5, 0.6) is 0 Å². The van der Waals surface area contributed by atoms with Gasteiger partial charge in [0.15, 0.2) is 11.4 Å². The molecule has 12 nitrogen and oxygen atoms in total. The van der Waals surface area contributed by atoms with E-state index in [0.717, 1.165) is 5.56 Å². The first-order valence-electron chi connectivity index (χ1n) is 13.2. The van der Waals surface area contributed by atoms with Crippen molar-refractivity contribution in [3.63, 3.8) is 0 Å². The van der Waals surface area contributed by atoms with Crippen molar-refractivity contribution in [2.24, 2.45) is 0 Å². The summed E-state index contributed by atoms with van der Waals surface area (Å²) in [6.07, 6.45) is 1.53. The molecular weight excluding hydrogens is 548 g/mol. The first kappa shape index (κ1) is 27.1. The summed E-state index contributed by atoms with van der Waals surface area (Å²) in [5.41, 5.74) is 3.35. The number of benzene rings is 2. The number of nitrogens with one attached hydrogen (secondary N) is 1. The van der Waals surface area contributed by atoms with Gasteiger partial charge in [0.25, 0.3) is 5.91 Å². The van der Waals surface area contributed by atoms with Gasteiger partial charge in [0.1, 0.15) is 11.2 Å². The van der Waals surface area contributed by atoms with Crippen LogP contribution >= 0.6 is 0 Å². The number of halogens is 2. The van der Waals surface area contributed by atoms with Gasteiger partial charge in [-0.2, -0.15) is 8.78 Å². The lowest BCUT2D eigenvalue weighted by Crippen LogP contribution is -2.50. The van der Waals surface area contributed by atoms with Crippen molar-refractivity contribution in [1.82, 2.24) is 40.0 Å². The Kier molecular flexibility index (Phi) is 7.35. The van der Waals surface area contributed by atoms with Crippen LogP contribution in [0.2, 0.25) is 0 Å². The van der Waals surface area contributed by atoms with Gasteiger partial charge in [0, 0.05) is 56.6 Å². The number of hydrogen-bond acceptors (Lipinski definition) is 9. The molecule has 4 heterocycles. The lowest BCUT2D eigenvalue weighted by molar-refractivity contribution is -0.114. The molecule has 5 aromatic rings. The van der Waals surface area contributed by atoms with E-state index in [-0.39, 0.29) is 23.3 Å². The number of tetrazole rings is 1. The molecule has 3 aromatic heterocycles. The number of pyridine rings is 1. The number of hydrogen-bond donors (Lipinski definition) is 1. The normalized spacial score (nSPS) is 14.8. The predicted octanol–water partition coefficient (Wildman–Crippen LogP) is 3.78. The zero-order chi connectivity index (χ0) is 29.2. The summed E-state index contributed by atoms with van der Waals surface area (Å²) in [6.45, 7) is 0.201. The molecule has 1 atom stereocenters. The van der Waals surface area contributed by atoms with Crippen molar-refractivity contribution in [3.05, 3.63) is 83.9 Å². The molecule has 0 spiro atoms. The Morgan fingerprint density at radius 2 is 1.79 bits per heavy atom. The standard InChI is InChI=1S/C28H25F2N9O3/c1-17(40)32-20-7-8-21-23(16-20)42-26(33-21)19-9-10-31-22(15-19)27(41)38-13-11-37(12-14-38)24(18-5-3-2-4-6-18)25-34-36-39(35-25)28(29)30/h2-10,15-16,24,28H,11-14H2,1H3,(H,32,40). The second-order valence-corrected chi connectivity index (χ2v) is 9.70. The van der Waals surface area contributed by atoms with E-state index in [0.29, 0.717) is 59.2 Å². The summed E-state index contributed by atoms with van der Waals surface area (Å²) in [5.74, 6) is 0.0389. The van der Waals surface area contributed by atoms with Crippen LogP contribution in [0.1, 0.15) is 41.4 Å². The fraction of sp³-hybridized carbons (Fsp3) is 0.250. The quantitative estimate of drug-likeness (QED) is 0.309. The molecule has 2 aromatic carbocycles. The minimum Gasteiger partial charge on any atom is -0.436 e. The molecule has 2 amide bonds. The van der Waals surface area contributed by atoms with Crippen molar-refractivity contribution in [3.8, 4) is 11.5 Å². The summed E-state index contributed by atoms with van der Waals surface area (Å²) < 4.78 is 32.2. The number of nitrogens with zero attached hydrogens (tertiary/aromatic N) is 8. The molecule has 42 heavy (non-hydrogen) atoms. The Hall–Kier alpha value is -5.11. The number of carbonyl (C=O) groups excluding carboxylic acids is 2. The van der Waals surface area contributed by atoms with Crippen molar-refractivity contribution >= 4 is 28.6 Å². The summed E-state index contributed by atoms with van der Waals surface area (Å²) in [5, 5.41) is 14.0. The molecule has 0 bridgehead atoms. The Balaban J connectivity index is 1.18. The zero-order valence-electron chi connectivity index (χ0n) is 22.4. The molecule has 1 fully saturated rings. The fourth-order valence-electron chi connectivity index (χ4n) is 4.94. The smallest absolute Gasteiger partial charge is 0.350 e. The van der Waals surface area contributed by atoms with E-state index in [1.54, 1.807) is 35.2 Å². The van der Waals surface area contributed by atoms with Crippen LogP contribution in [0, 0.1) is 0 Å². The third-order valence-corrected chi connectivity index (χ3v) is 6.88. The third-order valence-electron chi connectivity index (χ3n) is 6.88. The minimum atomic E-state index is -2.89. The predicted molar refractivity (Wildman–Crippen MR) is 146 cm³/mol. The molecule has 214 valence electrons. The van der Waals surface area contributed by atoms with Crippen LogP contribution in [-0.2, 0) is 4.79 Å². The van der Waals surface area contributed by atoms with Crippen molar-refractivity contribution in [2.75, 3.05) is 31.5 Å². The first-order chi connectivity index (χ1) is 20.4. The molecule has 1 saturated heterocycles. The van der Waals surface area contributed by atoms with Gasteiger partial charge in [-0.25, -0.2) is 4.98 Å². The van der Waals surface area contributed by atoms with Crippen molar-refractivity contribution in [2.45, 2.75) is 19.5 Å². The van der Waals surface area contributed by atoms with Gasteiger partial charge in [0.05, 0.1) is 6.04 Å². The van der Waals surface area contributed by atoms with Crippen LogP contribution in [0.25, 0.3) is 22.6 Å². The van der Waals surface area contributed by atoms with Gasteiger partial charge in [-0.15, -0.1) is 10.2 Å². The van der Waals surface area contributed by atoms with Crippen molar-refractivity contribution in [1.29, 1.82) is 0 Å². The number of oxazole rings is 1. The lowest BCUT2D eigenvalue weighted by Gasteiger charge is -2.38. The summed E-state index contributed by atoms with van der Waals surface area (Å²) in [7, 11) is 0. The maximum Gasteiger partial charge on any atom is 0.350 e. The van der Waals surface area contributed by atoms with E-state index < -0.39 is 12.6 Å². The number of aromatic nitrogens is 6. The SMILES string of the molecule is CC(=O)Nc1ccc2nc(-c3ccnc(C(=O)N4CCN(C(c5ccccc5)c5nnn(C(F)F)n5)CC4)c3)oc2c1. The van der Waals surface area contributed by atoms with E-state index in [2.05, 4.69) is 30.7 Å². The van der Waals surface area contributed by atoms with Gasteiger partial charge in [-0.3, -0.25) is 19.5 Å². The average Bonchev–Trinajstić information content (AvgIpc) is 3.66. The number of anilines is 1. The monoisotopic (exact) mass is 573 g/mol. The Bertz CT molecular complexity index is 1730. The largest absolute Gasteiger partial charge is 0.436 e. The molecular formula is C28H25F2N9O3. The Morgan fingerprint density at radius 3 is 2.50 bits per heavy atom. The minimum absolute atomic E-state index is 0.165. The van der Waals surface area contributed by atoms with E-state index in [4.69, 9.17) is 4.42 Å². The van der Waals surface area contributed by atoms with E-state index >= 15 is 0 Å². The Labute approximate surface area is 238 Å².